The first-order chi connectivity index (χ1) is 20.7. The molecule has 15 heteroatoms. The molecule has 2 aromatic rings. The number of carbonyl (C=O) groups excluding carboxylic acids is 1. The number of rotatable bonds is 9. The number of aliphatic hydroxyl groups excluding tert-OH is 5. The molecule has 0 bridgehead atoms. The van der Waals surface area contributed by atoms with Gasteiger partial charge in [0.1, 0.15) is 36.1 Å². The van der Waals surface area contributed by atoms with Gasteiger partial charge in [-0.15, -0.1) is 0 Å². The van der Waals surface area contributed by atoms with Crippen molar-refractivity contribution in [1.29, 1.82) is 0 Å². The van der Waals surface area contributed by atoms with Crippen LogP contribution in [-0.4, -0.2) is 125 Å². The molecule has 0 saturated carbocycles. The van der Waals surface area contributed by atoms with E-state index in [2.05, 4.69) is 0 Å². The predicted octanol–water partition coefficient (Wildman–Crippen LogP) is -1.28. The van der Waals surface area contributed by atoms with Crippen LogP contribution in [0.1, 0.15) is 24.5 Å². The first-order valence-electron chi connectivity index (χ1n) is 13.7. The van der Waals surface area contributed by atoms with Crippen LogP contribution in [0.25, 0.3) is 6.08 Å². The standard InChI is InChI=1S/C29H36O15/c1-13-22(36)23(37)24(38)27(41-13)44-28-29(40,9-8-15-3-6-17(32)19(34)11-15)26(39)25(20(12-30)42-28)43-21(35)7-4-14-2-5-16(31)18(33)10-14/h2-7,10-11,13,20,22-28,30-34,36-40H,8-9,12H2,1H3/t13-,20+,22-,23+,24+,25+,26-,27-,28?,29+/m0/s1. The maximum absolute atomic E-state index is 12.7. The molecule has 4 rings (SSSR count). The molecule has 2 aromatic carbocycles. The van der Waals surface area contributed by atoms with E-state index in [0.717, 1.165) is 6.08 Å². The van der Waals surface area contributed by atoms with Gasteiger partial charge in [0.2, 0.25) is 0 Å². The molecule has 0 spiro atoms. The Labute approximate surface area is 251 Å². The number of phenolic OH excluding ortho intramolecular Hbond substituents is 4. The van der Waals surface area contributed by atoms with Crippen LogP contribution in [-0.2, 0) is 30.2 Å². The van der Waals surface area contributed by atoms with Gasteiger partial charge in [0, 0.05) is 6.08 Å². The Morgan fingerprint density at radius 3 is 2.20 bits per heavy atom. The van der Waals surface area contributed by atoms with Gasteiger partial charge in [-0.1, -0.05) is 12.1 Å². The molecular formula is C29H36O15. The highest BCUT2D eigenvalue weighted by Crippen LogP contribution is 2.38. The van der Waals surface area contributed by atoms with Crippen LogP contribution in [0.5, 0.6) is 23.0 Å². The molecule has 2 fully saturated rings. The third kappa shape index (κ3) is 7.07. The number of esters is 1. The van der Waals surface area contributed by atoms with Gasteiger partial charge in [-0.05, 0) is 61.2 Å². The molecule has 2 aliphatic heterocycles. The maximum Gasteiger partial charge on any atom is 0.331 e. The van der Waals surface area contributed by atoms with Crippen molar-refractivity contribution in [3.8, 4) is 23.0 Å². The fraction of sp³-hybridized carbons (Fsp3) is 0.483. The zero-order valence-electron chi connectivity index (χ0n) is 23.4. The van der Waals surface area contributed by atoms with Gasteiger partial charge in [0.05, 0.1) is 12.7 Å². The van der Waals surface area contributed by atoms with E-state index >= 15 is 0 Å². The van der Waals surface area contributed by atoms with E-state index in [1.165, 1.54) is 49.4 Å². The van der Waals surface area contributed by atoms with E-state index in [1.54, 1.807) is 0 Å². The fourth-order valence-corrected chi connectivity index (χ4v) is 4.98. The molecule has 15 nitrogen and oxygen atoms in total. The van der Waals surface area contributed by atoms with Crippen molar-refractivity contribution in [3.05, 3.63) is 53.6 Å². The highest BCUT2D eigenvalue weighted by molar-refractivity contribution is 5.87. The molecule has 242 valence electrons. The zero-order chi connectivity index (χ0) is 32.3. The second-order valence-electron chi connectivity index (χ2n) is 10.7. The monoisotopic (exact) mass is 624 g/mol. The lowest BCUT2D eigenvalue weighted by Gasteiger charge is -2.50. The molecule has 10 atom stereocenters. The van der Waals surface area contributed by atoms with Gasteiger partial charge >= 0.3 is 5.97 Å². The third-order valence-corrected chi connectivity index (χ3v) is 7.66. The van der Waals surface area contributed by atoms with Crippen molar-refractivity contribution in [2.45, 2.75) is 80.7 Å². The van der Waals surface area contributed by atoms with Crippen molar-refractivity contribution in [2.24, 2.45) is 0 Å². The van der Waals surface area contributed by atoms with E-state index in [-0.39, 0.29) is 24.3 Å². The van der Waals surface area contributed by atoms with Gasteiger partial charge < -0.3 is 70.0 Å². The highest BCUT2D eigenvalue weighted by Gasteiger charge is 2.58. The summed E-state index contributed by atoms with van der Waals surface area (Å²) in [5, 5.41) is 103. The minimum Gasteiger partial charge on any atom is -0.504 e. The smallest absolute Gasteiger partial charge is 0.331 e. The summed E-state index contributed by atoms with van der Waals surface area (Å²) in [5.74, 6) is -2.67. The molecule has 10 N–H and O–H groups in total. The van der Waals surface area contributed by atoms with E-state index in [4.69, 9.17) is 18.9 Å². The number of benzene rings is 2. The first-order valence-corrected chi connectivity index (χ1v) is 13.7. The lowest BCUT2D eigenvalue weighted by atomic mass is 9.81. The lowest BCUT2D eigenvalue weighted by molar-refractivity contribution is -0.397. The largest absolute Gasteiger partial charge is 0.504 e. The summed E-state index contributed by atoms with van der Waals surface area (Å²) in [5.41, 5.74) is -1.73. The number of ether oxygens (including phenoxy) is 4. The molecule has 2 aliphatic rings. The summed E-state index contributed by atoms with van der Waals surface area (Å²) in [4.78, 5) is 12.7. The highest BCUT2D eigenvalue weighted by atomic mass is 16.8. The Bertz CT molecular complexity index is 1330. The zero-order valence-corrected chi connectivity index (χ0v) is 23.4. The Kier molecular flexibility index (Phi) is 10.3. The van der Waals surface area contributed by atoms with E-state index < -0.39 is 85.0 Å². The molecule has 0 amide bonds. The van der Waals surface area contributed by atoms with Crippen LogP contribution < -0.4 is 0 Å². The normalized spacial score (nSPS) is 34.2. The summed E-state index contributed by atoms with van der Waals surface area (Å²) in [6, 6.07) is 7.64. The molecule has 0 aliphatic carbocycles. The van der Waals surface area contributed by atoms with Crippen molar-refractivity contribution >= 4 is 12.0 Å². The average molecular weight is 625 g/mol. The fourth-order valence-electron chi connectivity index (χ4n) is 4.98. The van der Waals surface area contributed by atoms with Gasteiger partial charge in [0.25, 0.3) is 0 Å². The van der Waals surface area contributed by atoms with Crippen LogP contribution in [0.4, 0.5) is 0 Å². The van der Waals surface area contributed by atoms with Crippen molar-refractivity contribution in [2.75, 3.05) is 6.61 Å². The SMILES string of the molecule is C[C@@H]1O[C@@H](OC2O[C@H](CO)[C@@H](OC(=O)C=Cc3ccc(O)c(O)c3)[C@H](O)[C@]2(O)CCc2ccc(O)c(O)c2)[C@H](O)[C@H](O)[C@H]1O. The van der Waals surface area contributed by atoms with Crippen LogP contribution in [0, 0.1) is 0 Å². The average Bonchev–Trinajstić information content (AvgIpc) is 2.99. The molecule has 0 radical (unpaired) electrons. The van der Waals surface area contributed by atoms with Gasteiger partial charge in [0.15, 0.2) is 41.7 Å². The number of hydrogen-bond donors (Lipinski definition) is 10. The van der Waals surface area contributed by atoms with Gasteiger partial charge in [-0.3, -0.25) is 0 Å². The summed E-state index contributed by atoms with van der Waals surface area (Å²) in [7, 11) is 0. The topological polar surface area (TPSA) is 256 Å². The first kappa shape index (κ1) is 33.4. The van der Waals surface area contributed by atoms with Gasteiger partial charge in [-0.25, -0.2) is 4.79 Å². The number of phenols is 4. The Hall–Kier alpha value is -3.51. The number of aromatic hydroxyl groups is 4. The van der Waals surface area contributed by atoms with Crippen LogP contribution >= 0.6 is 0 Å². The van der Waals surface area contributed by atoms with Gasteiger partial charge in [-0.2, -0.15) is 0 Å². The molecular weight excluding hydrogens is 588 g/mol. The van der Waals surface area contributed by atoms with Crippen LogP contribution in [0.2, 0.25) is 0 Å². The molecule has 2 heterocycles. The predicted molar refractivity (Wildman–Crippen MR) is 147 cm³/mol. The van der Waals surface area contributed by atoms with Crippen LogP contribution in [0.3, 0.4) is 0 Å². The number of aryl methyl sites for hydroxylation is 1. The molecule has 2 saturated heterocycles. The summed E-state index contributed by atoms with van der Waals surface area (Å²) >= 11 is 0. The van der Waals surface area contributed by atoms with Crippen molar-refractivity contribution in [1.82, 2.24) is 0 Å². The van der Waals surface area contributed by atoms with Crippen LogP contribution in [0.15, 0.2) is 42.5 Å². The summed E-state index contributed by atoms with van der Waals surface area (Å²) < 4.78 is 22.2. The summed E-state index contributed by atoms with van der Waals surface area (Å²) in [6.07, 6.45) is -12.9. The number of hydrogen-bond acceptors (Lipinski definition) is 15. The molecule has 44 heavy (non-hydrogen) atoms. The van der Waals surface area contributed by atoms with E-state index in [1.807, 2.05) is 0 Å². The Morgan fingerprint density at radius 2 is 1.57 bits per heavy atom. The van der Waals surface area contributed by atoms with E-state index in [9.17, 15) is 55.9 Å². The van der Waals surface area contributed by atoms with Crippen molar-refractivity contribution in [3.63, 3.8) is 0 Å². The van der Waals surface area contributed by atoms with E-state index in [0.29, 0.717) is 11.1 Å². The Morgan fingerprint density at radius 1 is 0.909 bits per heavy atom. The van der Waals surface area contributed by atoms with Crippen molar-refractivity contribution < 1.29 is 74.8 Å². The maximum atomic E-state index is 12.7. The second-order valence-corrected chi connectivity index (χ2v) is 10.7. The molecule has 0 aromatic heterocycles. The minimum atomic E-state index is -2.44. The Balaban J connectivity index is 1.59. The lowest BCUT2D eigenvalue weighted by Crippen LogP contribution is -2.69. The molecule has 1 unspecified atom stereocenters. The second kappa shape index (κ2) is 13.6. The quantitative estimate of drug-likeness (QED) is 0.0885. The number of carbonyl (C=O) groups is 1. The minimum absolute atomic E-state index is 0.0643. The summed E-state index contributed by atoms with van der Waals surface area (Å²) in [6.45, 7) is 0.563. The third-order valence-electron chi connectivity index (χ3n) is 7.66. The number of aliphatic hydroxyl groups is 6.